The highest BCUT2D eigenvalue weighted by Crippen LogP contribution is 2.21. The topological polar surface area (TPSA) is 78.5 Å². The van der Waals surface area contributed by atoms with E-state index < -0.39 is 0 Å². The summed E-state index contributed by atoms with van der Waals surface area (Å²) in [6, 6.07) is 15.0. The molecular weight excluding hydrogens is 390 g/mol. The number of hydrogen-bond donors (Lipinski definition) is 2. The highest BCUT2D eigenvalue weighted by Gasteiger charge is 2.21. The molecule has 0 aromatic heterocycles. The molecule has 6 heteroatoms. The van der Waals surface area contributed by atoms with Crippen molar-refractivity contribution in [2.75, 3.05) is 11.4 Å². The van der Waals surface area contributed by atoms with E-state index in [4.69, 9.17) is 0 Å². The van der Waals surface area contributed by atoms with Crippen LogP contribution in [0.2, 0.25) is 0 Å². The molecule has 1 atom stereocenters. The molecule has 2 aromatic carbocycles. The fourth-order valence-corrected chi connectivity index (χ4v) is 3.34. The lowest BCUT2D eigenvalue weighted by molar-refractivity contribution is -0.117. The third-order valence-electron chi connectivity index (χ3n) is 5.35. The van der Waals surface area contributed by atoms with Gasteiger partial charge in [0.05, 0.1) is 0 Å². The summed E-state index contributed by atoms with van der Waals surface area (Å²) in [4.78, 5) is 38.0. The largest absolute Gasteiger partial charge is 0.350 e. The van der Waals surface area contributed by atoms with Gasteiger partial charge in [0, 0.05) is 42.9 Å². The first kappa shape index (κ1) is 22.3. The molecule has 1 aliphatic heterocycles. The van der Waals surface area contributed by atoms with E-state index in [0.29, 0.717) is 18.5 Å². The summed E-state index contributed by atoms with van der Waals surface area (Å²) >= 11 is 0. The lowest BCUT2D eigenvalue weighted by atomic mass is 10.1. The normalized spacial score (nSPS) is 14.6. The molecule has 1 aliphatic rings. The van der Waals surface area contributed by atoms with Crippen molar-refractivity contribution in [3.63, 3.8) is 0 Å². The summed E-state index contributed by atoms with van der Waals surface area (Å²) in [6.45, 7) is 5.08. The van der Waals surface area contributed by atoms with Crippen LogP contribution in [0, 0.1) is 0 Å². The third kappa shape index (κ3) is 6.28. The molecule has 0 radical (unpaired) electrons. The Morgan fingerprint density at radius 3 is 2.61 bits per heavy atom. The fraction of sp³-hybridized carbons (Fsp3) is 0.320. The number of carbonyl (C=O) groups excluding carboxylic acids is 3. The van der Waals surface area contributed by atoms with E-state index >= 15 is 0 Å². The number of anilines is 1. The van der Waals surface area contributed by atoms with Crippen molar-refractivity contribution in [2.45, 2.75) is 45.7 Å². The molecule has 1 fully saturated rings. The number of rotatable bonds is 8. The maximum Gasteiger partial charge on any atom is 0.251 e. The van der Waals surface area contributed by atoms with Crippen LogP contribution < -0.4 is 15.5 Å². The molecule has 0 saturated carbocycles. The lowest BCUT2D eigenvalue weighted by Crippen LogP contribution is -2.32. The van der Waals surface area contributed by atoms with Gasteiger partial charge < -0.3 is 15.5 Å². The smallest absolute Gasteiger partial charge is 0.251 e. The first-order valence-electron chi connectivity index (χ1n) is 10.7. The summed E-state index contributed by atoms with van der Waals surface area (Å²) in [5.41, 5.74) is 3.22. The highest BCUT2D eigenvalue weighted by atomic mass is 16.2. The first-order valence-corrected chi connectivity index (χ1v) is 10.7. The Kier molecular flexibility index (Phi) is 7.60. The predicted molar refractivity (Wildman–Crippen MR) is 123 cm³/mol. The van der Waals surface area contributed by atoms with Crippen LogP contribution in [0.3, 0.4) is 0 Å². The first-order chi connectivity index (χ1) is 15.0. The SMILES string of the molecule is CCC(C)NC(=O)c1cccc(CNC(=O)/C=C/c2ccc(N3CCCC3=O)cc2)c1. The Morgan fingerprint density at radius 1 is 1.16 bits per heavy atom. The second-order valence-corrected chi connectivity index (χ2v) is 7.77. The van der Waals surface area contributed by atoms with Gasteiger partial charge in [-0.2, -0.15) is 0 Å². The Balaban J connectivity index is 1.52. The van der Waals surface area contributed by atoms with Gasteiger partial charge >= 0.3 is 0 Å². The van der Waals surface area contributed by atoms with Crippen molar-refractivity contribution in [1.29, 1.82) is 0 Å². The Hall–Kier alpha value is -3.41. The Morgan fingerprint density at radius 2 is 1.94 bits per heavy atom. The zero-order chi connectivity index (χ0) is 22.2. The molecule has 1 unspecified atom stereocenters. The molecule has 3 amide bonds. The van der Waals surface area contributed by atoms with Crippen molar-refractivity contribution in [3.8, 4) is 0 Å². The predicted octanol–water partition coefficient (Wildman–Crippen LogP) is 3.67. The minimum atomic E-state index is -0.215. The monoisotopic (exact) mass is 419 g/mol. The van der Waals surface area contributed by atoms with E-state index in [1.54, 1.807) is 23.1 Å². The molecule has 2 aromatic rings. The van der Waals surface area contributed by atoms with Crippen LogP contribution in [0.25, 0.3) is 6.08 Å². The molecule has 2 N–H and O–H groups in total. The maximum absolute atomic E-state index is 12.3. The quantitative estimate of drug-likeness (QED) is 0.641. The van der Waals surface area contributed by atoms with E-state index in [0.717, 1.165) is 36.2 Å². The second-order valence-electron chi connectivity index (χ2n) is 7.77. The molecule has 31 heavy (non-hydrogen) atoms. The number of amides is 3. The summed E-state index contributed by atoms with van der Waals surface area (Å²) in [7, 11) is 0. The summed E-state index contributed by atoms with van der Waals surface area (Å²) < 4.78 is 0. The van der Waals surface area contributed by atoms with E-state index in [9.17, 15) is 14.4 Å². The molecule has 3 rings (SSSR count). The molecular formula is C25H29N3O3. The summed E-state index contributed by atoms with van der Waals surface area (Å²) in [5, 5.41) is 5.78. The summed E-state index contributed by atoms with van der Waals surface area (Å²) in [6.07, 6.45) is 5.59. The van der Waals surface area contributed by atoms with Crippen molar-refractivity contribution in [3.05, 3.63) is 71.3 Å². The molecule has 162 valence electrons. The van der Waals surface area contributed by atoms with Gasteiger partial charge in [-0.25, -0.2) is 0 Å². The van der Waals surface area contributed by atoms with Gasteiger partial charge in [-0.3, -0.25) is 14.4 Å². The highest BCUT2D eigenvalue weighted by molar-refractivity contribution is 5.96. The average Bonchev–Trinajstić information content (AvgIpc) is 3.22. The summed E-state index contributed by atoms with van der Waals surface area (Å²) in [5.74, 6) is -0.168. The molecule has 1 heterocycles. The minimum absolute atomic E-state index is 0.110. The third-order valence-corrected chi connectivity index (χ3v) is 5.35. The van der Waals surface area contributed by atoms with Gasteiger partial charge in [0.25, 0.3) is 5.91 Å². The fourth-order valence-electron chi connectivity index (χ4n) is 3.34. The molecule has 6 nitrogen and oxygen atoms in total. The van der Waals surface area contributed by atoms with Crippen LogP contribution in [-0.4, -0.2) is 30.3 Å². The number of hydrogen-bond acceptors (Lipinski definition) is 3. The van der Waals surface area contributed by atoms with Gasteiger partial charge in [-0.15, -0.1) is 0 Å². The number of nitrogens with zero attached hydrogens (tertiary/aromatic N) is 1. The maximum atomic E-state index is 12.3. The van der Waals surface area contributed by atoms with Crippen molar-refractivity contribution in [2.24, 2.45) is 0 Å². The van der Waals surface area contributed by atoms with Crippen molar-refractivity contribution < 1.29 is 14.4 Å². The van der Waals surface area contributed by atoms with Crippen LogP contribution in [0.15, 0.2) is 54.6 Å². The standard InChI is InChI=1S/C25H29N3O3/c1-3-18(2)27-25(31)21-7-4-6-20(16-21)17-26-23(29)14-11-19-9-12-22(13-10-19)28-15-5-8-24(28)30/h4,6-7,9-14,16,18H,3,5,8,15,17H2,1-2H3,(H,26,29)(H,27,31)/b14-11+. The zero-order valence-electron chi connectivity index (χ0n) is 18.1. The minimum Gasteiger partial charge on any atom is -0.350 e. The van der Waals surface area contributed by atoms with Crippen LogP contribution in [0.5, 0.6) is 0 Å². The van der Waals surface area contributed by atoms with Gasteiger partial charge in [-0.1, -0.05) is 31.2 Å². The van der Waals surface area contributed by atoms with Crippen LogP contribution in [0.1, 0.15) is 54.6 Å². The van der Waals surface area contributed by atoms with Gasteiger partial charge in [0.2, 0.25) is 11.8 Å². The Bertz CT molecular complexity index is 966. The Labute approximate surface area is 183 Å². The van der Waals surface area contributed by atoms with Crippen LogP contribution in [-0.2, 0) is 16.1 Å². The molecule has 0 bridgehead atoms. The van der Waals surface area contributed by atoms with Crippen molar-refractivity contribution >= 4 is 29.5 Å². The molecule has 1 saturated heterocycles. The van der Waals surface area contributed by atoms with Gasteiger partial charge in [0.15, 0.2) is 0 Å². The van der Waals surface area contributed by atoms with E-state index in [1.807, 2.05) is 50.2 Å². The molecule has 0 aliphatic carbocycles. The van der Waals surface area contributed by atoms with Gasteiger partial charge in [0.1, 0.15) is 0 Å². The van der Waals surface area contributed by atoms with E-state index in [-0.39, 0.29) is 23.8 Å². The van der Waals surface area contributed by atoms with Crippen LogP contribution in [0.4, 0.5) is 5.69 Å². The zero-order valence-corrected chi connectivity index (χ0v) is 18.1. The molecule has 0 spiro atoms. The number of nitrogens with one attached hydrogen (secondary N) is 2. The van der Waals surface area contributed by atoms with Crippen molar-refractivity contribution in [1.82, 2.24) is 10.6 Å². The van der Waals surface area contributed by atoms with Crippen LogP contribution >= 0.6 is 0 Å². The van der Waals surface area contributed by atoms with E-state index in [1.165, 1.54) is 6.08 Å². The average molecular weight is 420 g/mol. The second kappa shape index (κ2) is 10.6. The van der Waals surface area contributed by atoms with Gasteiger partial charge in [-0.05, 0) is 61.2 Å². The van der Waals surface area contributed by atoms with E-state index in [2.05, 4.69) is 10.6 Å². The number of carbonyl (C=O) groups is 3. The number of benzene rings is 2. The lowest BCUT2D eigenvalue weighted by Gasteiger charge is -2.15.